The van der Waals surface area contributed by atoms with Crippen LogP contribution in [0.4, 0.5) is 4.39 Å². The summed E-state index contributed by atoms with van der Waals surface area (Å²) in [6.45, 7) is 0.486. The lowest BCUT2D eigenvalue weighted by Gasteiger charge is -2.25. The molecule has 1 fully saturated rings. The van der Waals surface area contributed by atoms with Crippen molar-refractivity contribution in [2.75, 3.05) is 19.6 Å². The van der Waals surface area contributed by atoms with Gasteiger partial charge in [0, 0.05) is 25.2 Å². The number of ether oxygens (including phenoxy) is 1. The van der Waals surface area contributed by atoms with E-state index in [1.165, 1.54) is 23.3 Å². The second-order valence-electron chi connectivity index (χ2n) is 7.77. The molecule has 8 heteroatoms. The Morgan fingerprint density at radius 3 is 2.76 bits per heavy atom. The monoisotopic (exact) mass is 447 g/mol. The molecule has 0 N–H and O–H groups in total. The molecule has 168 valence electrons. The van der Waals surface area contributed by atoms with Crippen molar-refractivity contribution in [2.24, 2.45) is 0 Å². The number of hydrogen-bond acceptors (Lipinski definition) is 5. The van der Waals surface area contributed by atoms with Crippen LogP contribution in [0.25, 0.3) is 0 Å². The second-order valence-corrected chi connectivity index (χ2v) is 7.77. The smallest absolute Gasteiger partial charge is 0.290 e. The number of rotatable bonds is 6. The SMILES string of the molecule is N#Cc1cccc(CN2CC(OCc3ccccc3F)CN(C(=O)c3ccco3)CC2=O)c1. The largest absolute Gasteiger partial charge is 0.459 e. The molecule has 2 aromatic carbocycles. The highest BCUT2D eigenvalue weighted by molar-refractivity contribution is 5.94. The van der Waals surface area contributed by atoms with E-state index in [4.69, 9.17) is 14.4 Å². The van der Waals surface area contributed by atoms with Gasteiger partial charge in [-0.2, -0.15) is 5.26 Å². The van der Waals surface area contributed by atoms with Crippen LogP contribution in [-0.2, 0) is 22.7 Å². The quantitative estimate of drug-likeness (QED) is 0.578. The molecule has 4 rings (SSSR count). The number of furan rings is 1. The minimum atomic E-state index is -0.547. The molecule has 1 unspecified atom stereocenters. The Labute approximate surface area is 190 Å². The third-order valence-corrected chi connectivity index (χ3v) is 5.41. The highest BCUT2D eigenvalue weighted by Crippen LogP contribution is 2.18. The van der Waals surface area contributed by atoms with Crippen molar-refractivity contribution in [3.63, 3.8) is 0 Å². The average molecular weight is 447 g/mol. The fourth-order valence-electron chi connectivity index (χ4n) is 3.73. The number of benzene rings is 2. The Morgan fingerprint density at radius 2 is 2.00 bits per heavy atom. The van der Waals surface area contributed by atoms with Crippen LogP contribution in [0.15, 0.2) is 71.3 Å². The van der Waals surface area contributed by atoms with E-state index in [1.54, 1.807) is 47.4 Å². The zero-order chi connectivity index (χ0) is 23.2. The van der Waals surface area contributed by atoms with E-state index in [1.807, 2.05) is 6.07 Å². The van der Waals surface area contributed by atoms with E-state index in [2.05, 4.69) is 6.07 Å². The molecule has 0 aliphatic carbocycles. The van der Waals surface area contributed by atoms with Gasteiger partial charge in [0.2, 0.25) is 5.91 Å². The van der Waals surface area contributed by atoms with Gasteiger partial charge in [0.15, 0.2) is 5.76 Å². The molecule has 2 amide bonds. The minimum absolute atomic E-state index is 0.00602. The van der Waals surface area contributed by atoms with Crippen LogP contribution in [0.3, 0.4) is 0 Å². The van der Waals surface area contributed by atoms with Gasteiger partial charge < -0.3 is 19.0 Å². The van der Waals surface area contributed by atoms with Crippen LogP contribution in [0.2, 0.25) is 0 Å². The summed E-state index contributed by atoms with van der Waals surface area (Å²) in [5.74, 6) is -0.919. The molecule has 1 aliphatic rings. The van der Waals surface area contributed by atoms with Gasteiger partial charge in [0.25, 0.3) is 5.91 Å². The van der Waals surface area contributed by atoms with Gasteiger partial charge in [0.05, 0.1) is 30.6 Å². The molecule has 0 bridgehead atoms. The summed E-state index contributed by atoms with van der Waals surface area (Å²) >= 11 is 0. The van der Waals surface area contributed by atoms with Crippen LogP contribution in [0.5, 0.6) is 0 Å². The maximum absolute atomic E-state index is 14.1. The zero-order valence-corrected chi connectivity index (χ0v) is 17.8. The Balaban J connectivity index is 1.55. The summed E-state index contributed by atoms with van der Waals surface area (Å²) in [6, 6.07) is 18.6. The third-order valence-electron chi connectivity index (χ3n) is 5.41. The number of carbonyl (C=O) groups is 2. The van der Waals surface area contributed by atoms with Crippen molar-refractivity contribution >= 4 is 11.8 Å². The lowest BCUT2D eigenvalue weighted by Crippen LogP contribution is -2.39. The first-order chi connectivity index (χ1) is 16.0. The molecule has 0 saturated carbocycles. The average Bonchev–Trinajstić information content (AvgIpc) is 3.32. The molecule has 0 radical (unpaired) electrons. The normalized spacial score (nSPS) is 16.4. The predicted molar refractivity (Wildman–Crippen MR) is 116 cm³/mol. The van der Waals surface area contributed by atoms with Crippen molar-refractivity contribution < 1.29 is 23.1 Å². The fraction of sp³-hybridized carbons (Fsp3) is 0.240. The first-order valence-electron chi connectivity index (χ1n) is 10.5. The molecule has 3 aromatic rings. The summed E-state index contributed by atoms with van der Waals surface area (Å²) in [5, 5.41) is 9.16. The zero-order valence-electron chi connectivity index (χ0n) is 17.8. The van der Waals surface area contributed by atoms with Gasteiger partial charge in [-0.15, -0.1) is 0 Å². The van der Waals surface area contributed by atoms with E-state index in [-0.39, 0.29) is 50.3 Å². The number of halogens is 1. The summed E-state index contributed by atoms with van der Waals surface area (Å²) < 4.78 is 25.3. The summed E-state index contributed by atoms with van der Waals surface area (Å²) in [5.41, 5.74) is 1.68. The Bertz CT molecular complexity index is 1170. The van der Waals surface area contributed by atoms with Crippen LogP contribution in [0, 0.1) is 17.1 Å². The first kappa shape index (κ1) is 22.2. The molecule has 0 spiro atoms. The Morgan fingerprint density at radius 1 is 1.15 bits per heavy atom. The van der Waals surface area contributed by atoms with Crippen LogP contribution < -0.4 is 0 Å². The number of carbonyl (C=O) groups excluding carboxylic acids is 2. The summed E-state index contributed by atoms with van der Waals surface area (Å²) in [4.78, 5) is 28.9. The van der Waals surface area contributed by atoms with Crippen LogP contribution >= 0.6 is 0 Å². The molecule has 1 aliphatic heterocycles. The van der Waals surface area contributed by atoms with Gasteiger partial charge >= 0.3 is 0 Å². The molecule has 2 heterocycles. The van der Waals surface area contributed by atoms with Crippen molar-refractivity contribution in [2.45, 2.75) is 19.3 Å². The number of amides is 2. The Hall–Kier alpha value is -3.96. The highest BCUT2D eigenvalue weighted by Gasteiger charge is 2.32. The van der Waals surface area contributed by atoms with E-state index in [9.17, 15) is 14.0 Å². The second kappa shape index (κ2) is 10.1. The van der Waals surface area contributed by atoms with Crippen molar-refractivity contribution in [1.82, 2.24) is 9.80 Å². The molecular formula is C25H22FN3O4. The fourth-order valence-corrected chi connectivity index (χ4v) is 3.73. The lowest BCUT2D eigenvalue weighted by atomic mass is 10.1. The number of hydrogen-bond donors (Lipinski definition) is 0. The van der Waals surface area contributed by atoms with Gasteiger partial charge in [0.1, 0.15) is 12.4 Å². The molecular weight excluding hydrogens is 425 g/mol. The van der Waals surface area contributed by atoms with Crippen molar-refractivity contribution in [1.29, 1.82) is 5.26 Å². The number of nitriles is 1. The summed E-state index contributed by atoms with van der Waals surface area (Å²) in [6.07, 6.45) is 0.849. The molecule has 7 nitrogen and oxygen atoms in total. The minimum Gasteiger partial charge on any atom is -0.459 e. The molecule has 33 heavy (non-hydrogen) atoms. The first-order valence-corrected chi connectivity index (χ1v) is 10.5. The van der Waals surface area contributed by atoms with Crippen molar-refractivity contribution in [3.05, 3.63) is 95.2 Å². The van der Waals surface area contributed by atoms with Crippen LogP contribution in [-0.4, -0.2) is 47.4 Å². The molecule has 1 saturated heterocycles. The molecule has 1 aromatic heterocycles. The standard InChI is InChI=1S/C25H22FN3O4/c26-22-8-2-1-7-20(22)17-33-21-14-28(13-19-6-3-5-18(11-19)12-27)24(30)16-29(15-21)25(31)23-9-4-10-32-23/h1-11,21H,13-17H2. The Kier molecular flexibility index (Phi) is 6.81. The maximum Gasteiger partial charge on any atom is 0.290 e. The predicted octanol–water partition coefficient (Wildman–Crippen LogP) is 3.36. The topological polar surface area (TPSA) is 86.8 Å². The van der Waals surface area contributed by atoms with Gasteiger partial charge in [-0.25, -0.2) is 4.39 Å². The summed E-state index contributed by atoms with van der Waals surface area (Å²) in [7, 11) is 0. The lowest BCUT2D eigenvalue weighted by molar-refractivity contribution is -0.132. The molecule has 1 atom stereocenters. The third kappa shape index (κ3) is 5.45. The van der Waals surface area contributed by atoms with Crippen LogP contribution in [0.1, 0.15) is 27.2 Å². The van der Waals surface area contributed by atoms with Gasteiger partial charge in [-0.05, 0) is 35.9 Å². The number of nitrogens with zero attached hydrogens (tertiary/aromatic N) is 3. The van der Waals surface area contributed by atoms with E-state index >= 15 is 0 Å². The van der Waals surface area contributed by atoms with Gasteiger partial charge in [-0.3, -0.25) is 9.59 Å². The van der Waals surface area contributed by atoms with E-state index in [0.29, 0.717) is 11.1 Å². The van der Waals surface area contributed by atoms with E-state index < -0.39 is 12.0 Å². The van der Waals surface area contributed by atoms with E-state index in [0.717, 1.165) is 5.56 Å². The van der Waals surface area contributed by atoms with Gasteiger partial charge in [-0.1, -0.05) is 30.3 Å². The highest BCUT2D eigenvalue weighted by atomic mass is 19.1. The van der Waals surface area contributed by atoms with Crippen molar-refractivity contribution in [3.8, 4) is 6.07 Å². The maximum atomic E-state index is 14.1.